The normalized spacial score (nSPS) is 21.5. The molecule has 0 N–H and O–H groups in total. The number of thiophene rings is 1. The van der Waals surface area contributed by atoms with Gasteiger partial charge in [0.15, 0.2) is 9.84 Å². The molecule has 1 fully saturated rings. The smallest absolute Gasteiger partial charge is 0.266 e. The van der Waals surface area contributed by atoms with Crippen LogP contribution in [0.25, 0.3) is 5.69 Å². The van der Waals surface area contributed by atoms with E-state index in [-0.39, 0.29) is 23.5 Å². The minimum atomic E-state index is -3.08. The summed E-state index contributed by atoms with van der Waals surface area (Å²) in [5.74, 6) is -0.0348. The molecule has 22 heavy (non-hydrogen) atoms. The zero-order valence-electron chi connectivity index (χ0n) is 12.3. The summed E-state index contributed by atoms with van der Waals surface area (Å²) in [7, 11) is -3.08. The number of carbonyl (C=O) groups is 1. The molecule has 1 aliphatic heterocycles. The van der Waals surface area contributed by atoms with Crippen molar-refractivity contribution >= 4 is 27.1 Å². The van der Waals surface area contributed by atoms with Crippen molar-refractivity contribution in [3.8, 4) is 5.69 Å². The van der Waals surface area contributed by atoms with Crippen molar-refractivity contribution < 1.29 is 13.2 Å². The number of amides is 1. The van der Waals surface area contributed by atoms with Gasteiger partial charge in [-0.15, -0.1) is 11.3 Å². The molecule has 5 nitrogen and oxygen atoms in total. The van der Waals surface area contributed by atoms with Crippen molar-refractivity contribution in [1.82, 2.24) is 9.47 Å². The lowest BCUT2D eigenvalue weighted by molar-refractivity contribution is 0.0772. The van der Waals surface area contributed by atoms with E-state index in [1.807, 2.05) is 40.5 Å². The fourth-order valence-corrected chi connectivity index (χ4v) is 4.77. The van der Waals surface area contributed by atoms with Gasteiger partial charge in [-0.2, -0.15) is 0 Å². The van der Waals surface area contributed by atoms with Crippen LogP contribution < -0.4 is 0 Å². The minimum Gasteiger partial charge on any atom is -0.337 e. The molecule has 2 aromatic heterocycles. The maximum Gasteiger partial charge on any atom is 0.266 e. The lowest BCUT2D eigenvalue weighted by atomic mass is 10.2. The number of hydrogen-bond acceptors (Lipinski definition) is 4. The maximum absolute atomic E-state index is 12.8. The van der Waals surface area contributed by atoms with Crippen molar-refractivity contribution in [3.63, 3.8) is 0 Å². The van der Waals surface area contributed by atoms with Crippen molar-refractivity contribution in [2.45, 2.75) is 18.6 Å². The van der Waals surface area contributed by atoms with Crippen LogP contribution in [0.5, 0.6) is 0 Å². The average molecular weight is 338 g/mol. The van der Waals surface area contributed by atoms with Gasteiger partial charge in [0.2, 0.25) is 0 Å². The van der Waals surface area contributed by atoms with Crippen LogP contribution in [0.2, 0.25) is 0 Å². The van der Waals surface area contributed by atoms with Crippen molar-refractivity contribution in [1.29, 1.82) is 0 Å². The predicted octanol–water partition coefficient (Wildman–Crippen LogP) is 2.19. The maximum atomic E-state index is 12.8. The number of sulfone groups is 1. The highest BCUT2D eigenvalue weighted by atomic mass is 32.2. The monoisotopic (exact) mass is 338 g/mol. The second-order valence-corrected chi connectivity index (χ2v) is 8.94. The summed E-state index contributed by atoms with van der Waals surface area (Å²) in [6.45, 7) is 2.48. The molecule has 0 saturated carbocycles. The van der Waals surface area contributed by atoms with Crippen LogP contribution in [0.1, 0.15) is 23.0 Å². The summed E-state index contributed by atoms with van der Waals surface area (Å²) in [6.07, 6.45) is 4.29. The molecule has 0 unspecified atom stereocenters. The average Bonchev–Trinajstić information content (AvgIpc) is 3.14. The Hall–Kier alpha value is -1.60. The van der Waals surface area contributed by atoms with Crippen LogP contribution in [-0.2, 0) is 9.84 Å². The molecule has 1 saturated heterocycles. The standard InChI is InChI=1S/C15H18N2O3S2/c1-12-4-8-17(9-11-22(12,19)20)15(18)14-13(5-10-21-14)16-6-2-3-7-16/h2-3,5-7,10,12H,4,8-9,11H2,1H3/t12-/m0/s1. The molecule has 0 radical (unpaired) electrons. The number of aromatic nitrogens is 1. The van der Waals surface area contributed by atoms with Crippen LogP contribution in [-0.4, -0.2) is 47.9 Å². The van der Waals surface area contributed by atoms with Crippen LogP contribution in [0.4, 0.5) is 0 Å². The van der Waals surface area contributed by atoms with Gasteiger partial charge < -0.3 is 9.47 Å². The third kappa shape index (κ3) is 2.83. The van der Waals surface area contributed by atoms with Crippen LogP contribution in [0, 0.1) is 0 Å². The van der Waals surface area contributed by atoms with E-state index in [1.54, 1.807) is 11.8 Å². The molecule has 2 aromatic rings. The Bertz CT molecular complexity index is 763. The van der Waals surface area contributed by atoms with E-state index in [9.17, 15) is 13.2 Å². The highest BCUT2D eigenvalue weighted by Crippen LogP contribution is 2.24. The Morgan fingerprint density at radius 1 is 1.27 bits per heavy atom. The van der Waals surface area contributed by atoms with E-state index in [1.165, 1.54) is 11.3 Å². The summed E-state index contributed by atoms with van der Waals surface area (Å²) in [4.78, 5) is 15.1. The number of hydrogen-bond donors (Lipinski definition) is 0. The first kappa shape index (κ1) is 15.3. The molecule has 7 heteroatoms. The van der Waals surface area contributed by atoms with E-state index in [0.717, 1.165) is 5.69 Å². The lowest BCUT2D eigenvalue weighted by Crippen LogP contribution is -2.33. The molecular formula is C15H18N2O3S2. The second-order valence-electron chi connectivity index (χ2n) is 5.48. The molecule has 0 bridgehead atoms. The highest BCUT2D eigenvalue weighted by molar-refractivity contribution is 7.92. The van der Waals surface area contributed by atoms with Crippen LogP contribution in [0.15, 0.2) is 36.0 Å². The van der Waals surface area contributed by atoms with Crippen molar-refractivity contribution in [2.24, 2.45) is 0 Å². The fourth-order valence-electron chi connectivity index (χ4n) is 2.58. The van der Waals surface area contributed by atoms with Gasteiger partial charge in [-0.05, 0) is 36.9 Å². The fraction of sp³-hybridized carbons (Fsp3) is 0.400. The largest absolute Gasteiger partial charge is 0.337 e. The molecule has 1 aliphatic rings. The lowest BCUT2D eigenvalue weighted by Gasteiger charge is -2.20. The first-order valence-corrected chi connectivity index (χ1v) is 9.80. The molecule has 3 heterocycles. The Kier molecular flexibility index (Phi) is 4.10. The molecule has 3 rings (SSSR count). The second kappa shape index (κ2) is 5.89. The van der Waals surface area contributed by atoms with Crippen molar-refractivity contribution in [2.75, 3.05) is 18.8 Å². The van der Waals surface area contributed by atoms with Gasteiger partial charge in [-0.3, -0.25) is 4.79 Å². The molecule has 0 aromatic carbocycles. The Labute approximate surface area is 134 Å². The van der Waals surface area contributed by atoms with Gasteiger partial charge in [0.25, 0.3) is 5.91 Å². The summed E-state index contributed by atoms with van der Waals surface area (Å²) < 4.78 is 25.8. The topological polar surface area (TPSA) is 59.4 Å². The van der Waals surface area contributed by atoms with Gasteiger partial charge in [0, 0.05) is 25.5 Å². The molecule has 118 valence electrons. The molecule has 0 spiro atoms. The Morgan fingerprint density at radius 2 is 2.00 bits per heavy atom. The Morgan fingerprint density at radius 3 is 2.73 bits per heavy atom. The van der Waals surface area contributed by atoms with Gasteiger partial charge >= 0.3 is 0 Å². The van der Waals surface area contributed by atoms with Gasteiger partial charge in [-0.25, -0.2) is 8.42 Å². The molecule has 1 amide bonds. The van der Waals surface area contributed by atoms with Gasteiger partial charge in [0.05, 0.1) is 16.7 Å². The van der Waals surface area contributed by atoms with Gasteiger partial charge in [-0.1, -0.05) is 0 Å². The third-order valence-corrected chi connectivity index (χ3v) is 7.18. The zero-order chi connectivity index (χ0) is 15.7. The minimum absolute atomic E-state index is 0.0458. The number of nitrogens with zero attached hydrogens (tertiary/aromatic N) is 2. The SMILES string of the molecule is C[C@H]1CCN(C(=O)c2sccc2-n2cccc2)CCS1(=O)=O. The van der Waals surface area contributed by atoms with E-state index < -0.39 is 9.84 Å². The summed E-state index contributed by atoms with van der Waals surface area (Å²) >= 11 is 1.40. The van der Waals surface area contributed by atoms with E-state index in [2.05, 4.69) is 0 Å². The Balaban J connectivity index is 1.85. The first-order chi connectivity index (χ1) is 10.5. The summed E-state index contributed by atoms with van der Waals surface area (Å²) in [6, 6.07) is 5.73. The van der Waals surface area contributed by atoms with Crippen molar-refractivity contribution in [3.05, 3.63) is 40.8 Å². The summed E-state index contributed by atoms with van der Waals surface area (Å²) in [5.41, 5.74) is 0.847. The van der Waals surface area contributed by atoms with E-state index >= 15 is 0 Å². The molecule has 0 aliphatic carbocycles. The van der Waals surface area contributed by atoms with E-state index in [4.69, 9.17) is 0 Å². The highest BCUT2D eigenvalue weighted by Gasteiger charge is 2.30. The number of rotatable bonds is 2. The summed E-state index contributed by atoms with van der Waals surface area (Å²) in [5, 5.41) is 1.51. The van der Waals surface area contributed by atoms with Gasteiger partial charge in [0.1, 0.15) is 4.88 Å². The zero-order valence-corrected chi connectivity index (χ0v) is 13.9. The van der Waals surface area contributed by atoms with Crippen LogP contribution >= 0.6 is 11.3 Å². The predicted molar refractivity (Wildman–Crippen MR) is 87.4 cm³/mol. The number of carbonyl (C=O) groups excluding carboxylic acids is 1. The quantitative estimate of drug-likeness (QED) is 0.843. The first-order valence-electron chi connectivity index (χ1n) is 7.21. The molecular weight excluding hydrogens is 320 g/mol. The molecule has 1 atom stereocenters. The van der Waals surface area contributed by atoms with E-state index in [0.29, 0.717) is 17.8 Å². The van der Waals surface area contributed by atoms with Crippen LogP contribution in [0.3, 0.4) is 0 Å². The third-order valence-electron chi connectivity index (χ3n) is 4.07.